The van der Waals surface area contributed by atoms with Gasteiger partial charge in [0.2, 0.25) is 0 Å². The molecule has 28 heavy (non-hydrogen) atoms. The average molecular weight is 404 g/mol. The molecule has 1 aromatic heterocycles. The van der Waals surface area contributed by atoms with Crippen LogP contribution in [0.2, 0.25) is 0 Å². The number of ether oxygens (including phenoxy) is 1. The second-order valence-electron chi connectivity index (χ2n) is 5.97. The minimum Gasteiger partial charge on any atom is -0.465 e. The fraction of sp³-hybridized carbons (Fsp3) is 0.250. The van der Waals surface area contributed by atoms with Gasteiger partial charge in [-0.3, -0.25) is 9.59 Å². The number of nitrogens with zero attached hydrogens (tertiary/aromatic N) is 2. The van der Waals surface area contributed by atoms with Gasteiger partial charge in [0.15, 0.2) is 4.80 Å². The summed E-state index contributed by atoms with van der Waals surface area (Å²) in [5.41, 5.74) is 1.48. The number of aromatic nitrogens is 1. The van der Waals surface area contributed by atoms with Crippen LogP contribution in [0.4, 0.5) is 8.78 Å². The second-order valence-corrected chi connectivity index (χ2v) is 6.98. The highest BCUT2D eigenvalue weighted by atomic mass is 32.1. The molecule has 1 heterocycles. The molecule has 0 saturated carbocycles. The van der Waals surface area contributed by atoms with Crippen molar-refractivity contribution in [2.24, 2.45) is 4.99 Å². The first-order valence-corrected chi connectivity index (χ1v) is 9.56. The van der Waals surface area contributed by atoms with Crippen LogP contribution in [0.3, 0.4) is 0 Å². The lowest BCUT2D eigenvalue weighted by Gasteiger charge is -2.05. The van der Waals surface area contributed by atoms with Crippen molar-refractivity contribution in [3.63, 3.8) is 0 Å². The SMILES string of the molecule is CCOC(=O)Cn1c(=NC(=O)c2ccc(F)cc2F)sc2cc(CC)ccc21. The molecule has 5 nitrogen and oxygen atoms in total. The van der Waals surface area contributed by atoms with E-state index in [1.165, 1.54) is 11.3 Å². The summed E-state index contributed by atoms with van der Waals surface area (Å²) in [6.45, 7) is 3.83. The van der Waals surface area contributed by atoms with Crippen molar-refractivity contribution in [3.8, 4) is 0 Å². The molecule has 0 N–H and O–H groups in total. The Labute approximate surface area is 163 Å². The van der Waals surface area contributed by atoms with E-state index in [9.17, 15) is 18.4 Å². The molecular weight excluding hydrogens is 386 g/mol. The number of hydrogen-bond donors (Lipinski definition) is 0. The Morgan fingerprint density at radius 2 is 1.93 bits per heavy atom. The summed E-state index contributed by atoms with van der Waals surface area (Å²) in [6.07, 6.45) is 0.831. The number of thiazole rings is 1. The van der Waals surface area contributed by atoms with E-state index in [0.29, 0.717) is 6.07 Å². The number of carbonyl (C=O) groups excluding carboxylic acids is 2. The molecule has 0 radical (unpaired) electrons. The molecule has 3 rings (SSSR count). The first-order chi connectivity index (χ1) is 13.4. The molecule has 0 bridgehead atoms. The maximum Gasteiger partial charge on any atom is 0.326 e. The van der Waals surface area contributed by atoms with Crippen LogP contribution in [0.1, 0.15) is 29.8 Å². The standard InChI is InChI=1S/C20H18F2N2O3S/c1-3-12-5-8-16-17(9-12)28-20(24(16)11-18(25)27-4-2)23-19(26)14-7-6-13(21)10-15(14)22/h5-10H,3-4,11H2,1-2H3. The lowest BCUT2D eigenvalue weighted by molar-refractivity contribution is -0.143. The summed E-state index contributed by atoms with van der Waals surface area (Å²) < 4.78 is 34.4. The normalized spacial score (nSPS) is 11.8. The zero-order chi connectivity index (χ0) is 20.3. The van der Waals surface area contributed by atoms with Crippen LogP contribution in [-0.2, 0) is 22.5 Å². The largest absolute Gasteiger partial charge is 0.465 e. The van der Waals surface area contributed by atoms with E-state index in [4.69, 9.17) is 4.74 Å². The van der Waals surface area contributed by atoms with Gasteiger partial charge in [-0.1, -0.05) is 24.3 Å². The number of halogens is 2. The quantitative estimate of drug-likeness (QED) is 0.607. The van der Waals surface area contributed by atoms with Crippen molar-refractivity contribution in [3.05, 3.63) is 64.0 Å². The number of amides is 1. The topological polar surface area (TPSA) is 60.7 Å². The molecule has 8 heteroatoms. The monoisotopic (exact) mass is 404 g/mol. The highest BCUT2D eigenvalue weighted by molar-refractivity contribution is 7.16. The Morgan fingerprint density at radius 3 is 2.61 bits per heavy atom. The van der Waals surface area contributed by atoms with Crippen molar-refractivity contribution < 1.29 is 23.1 Å². The molecule has 3 aromatic rings. The lowest BCUT2D eigenvalue weighted by atomic mass is 10.2. The first kappa shape index (κ1) is 19.9. The minimum absolute atomic E-state index is 0.128. The summed E-state index contributed by atoms with van der Waals surface area (Å²) >= 11 is 1.22. The lowest BCUT2D eigenvalue weighted by Crippen LogP contribution is -2.23. The molecule has 146 valence electrons. The van der Waals surface area contributed by atoms with Gasteiger partial charge in [0.1, 0.15) is 18.2 Å². The Hall–Kier alpha value is -2.87. The minimum atomic E-state index is -0.986. The molecule has 0 saturated heterocycles. The summed E-state index contributed by atoms with van der Waals surface area (Å²) in [5.74, 6) is -3.08. The molecule has 1 amide bonds. The summed E-state index contributed by atoms with van der Waals surface area (Å²) in [4.78, 5) is 28.7. The van der Waals surface area contributed by atoms with E-state index in [1.807, 2.05) is 25.1 Å². The van der Waals surface area contributed by atoms with Gasteiger partial charge in [-0.25, -0.2) is 8.78 Å². The third-order valence-corrected chi connectivity index (χ3v) is 5.15. The number of hydrogen-bond acceptors (Lipinski definition) is 4. The Bertz CT molecular complexity index is 1120. The molecule has 0 spiro atoms. The predicted octanol–water partition coefficient (Wildman–Crippen LogP) is 3.85. The molecule has 0 unspecified atom stereocenters. The van der Waals surface area contributed by atoms with Crippen LogP contribution < -0.4 is 4.80 Å². The van der Waals surface area contributed by atoms with Gasteiger partial charge in [0.25, 0.3) is 5.91 Å². The van der Waals surface area contributed by atoms with Gasteiger partial charge in [-0.2, -0.15) is 4.99 Å². The van der Waals surface area contributed by atoms with Crippen molar-refractivity contribution in [2.75, 3.05) is 6.61 Å². The summed E-state index contributed by atoms with van der Waals surface area (Å²) in [5, 5.41) is 0. The zero-order valence-corrected chi connectivity index (χ0v) is 16.2. The van der Waals surface area contributed by atoms with Crippen LogP contribution in [0, 0.1) is 11.6 Å². The summed E-state index contributed by atoms with van der Waals surface area (Å²) in [7, 11) is 0. The number of carbonyl (C=O) groups is 2. The molecule has 0 fully saturated rings. The van der Waals surface area contributed by atoms with E-state index < -0.39 is 23.5 Å². The van der Waals surface area contributed by atoms with E-state index >= 15 is 0 Å². The Morgan fingerprint density at radius 1 is 1.14 bits per heavy atom. The summed E-state index contributed by atoms with van der Waals surface area (Å²) in [6, 6.07) is 8.43. The molecule has 0 aliphatic rings. The van der Waals surface area contributed by atoms with Crippen molar-refractivity contribution >= 4 is 33.4 Å². The molecule has 2 aromatic carbocycles. The maximum absolute atomic E-state index is 13.9. The fourth-order valence-electron chi connectivity index (χ4n) is 2.72. The van der Waals surface area contributed by atoms with Gasteiger partial charge < -0.3 is 9.30 Å². The highest BCUT2D eigenvalue weighted by Gasteiger charge is 2.15. The Kier molecular flexibility index (Phi) is 5.99. The molecule has 0 aliphatic heterocycles. The predicted molar refractivity (Wildman–Crippen MR) is 102 cm³/mol. The second kappa shape index (κ2) is 8.43. The fourth-order valence-corrected chi connectivity index (χ4v) is 3.81. The number of aryl methyl sites for hydroxylation is 1. The van der Waals surface area contributed by atoms with Crippen molar-refractivity contribution in [1.82, 2.24) is 4.57 Å². The van der Waals surface area contributed by atoms with Crippen molar-refractivity contribution in [2.45, 2.75) is 26.8 Å². The molecule has 0 aliphatic carbocycles. The van der Waals surface area contributed by atoms with Gasteiger partial charge in [-0.15, -0.1) is 0 Å². The molecule has 0 atom stereocenters. The van der Waals surface area contributed by atoms with E-state index in [-0.39, 0.29) is 23.5 Å². The van der Waals surface area contributed by atoms with Crippen molar-refractivity contribution in [1.29, 1.82) is 0 Å². The van der Waals surface area contributed by atoms with Gasteiger partial charge in [0, 0.05) is 6.07 Å². The zero-order valence-electron chi connectivity index (χ0n) is 15.4. The van der Waals surface area contributed by atoms with E-state index in [2.05, 4.69) is 4.99 Å². The van der Waals surface area contributed by atoms with Gasteiger partial charge >= 0.3 is 5.97 Å². The van der Waals surface area contributed by atoms with E-state index in [1.54, 1.807) is 11.5 Å². The Balaban J connectivity index is 2.13. The van der Waals surface area contributed by atoms with Gasteiger partial charge in [-0.05, 0) is 43.2 Å². The number of fused-ring (bicyclic) bond motifs is 1. The average Bonchev–Trinajstić information content (AvgIpc) is 2.97. The maximum atomic E-state index is 13.9. The van der Waals surface area contributed by atoms with Crippen LogP contribution in [0.15, 0.2) is 41.4 Å². The highest BCUT2D eigenvalue weighted by Crippen LogP contribution is 2.20. The van der Waals surface area contributed by atoms with Crippen LogP contribution in [0.5, 0.6) is 0 Å². The third kappa shape index (κ3) is 4.17. The van der Waals surface area contributed by atoms with E-state index in [0.717, 1.165) is 34.3 Å². The smallest absolute Gasteiger partial charge is 0.326 e. The van der Waals surface area contributed by atoms with Crippen LogP contribution in [0.25, 0.3) is 10.2 Å². The number of esters is 1. The third-order valence-electron chi connectivity index (χ3n) is 4.11. The molecular formula is C20H18F2N2O3S. The number of benzene rings is 2. The van der Waals surface area contributed by atoms with Crippen LogP contribution in [-0.4, -0.2) is 23.1 Å². The van der Waals surface area contributed by atoms with Crippen LogP contribution >= 0.6 is 11.3 Å². The first-order valence-electron chi connectivity index (χ1n) is 8.75. The number of rotatable bonds is 5. The van der Waals surface area contributed by atoms with Gasteiger partial charge in [0.05, 0.1) is 22.4 Å².